The molecule has 0 aliphatic heterocycles. The van der Waals surface area contributed by atoms with Crippen molar-refractivity contribution in [3.63, 3.8) is 0 Å². The fourth-order valence-electron chi connectivity index (χ4n) is 1.68. The van der Waals surface area contributed by atoms with Gasteiger partial charge in [-0.25, -0.2) is 8.42 Å². The van der Waals surface area contributed by atoms with Crippen molar-refractivity contribution in [2.24, 2.45) is 0 Å². The summed E-state index contributed by atoms with van der Waals surface area (Å²) in [6.45, 7) is 1.82. The summed E-state index contributed by atoms with van der Waals surface area (Å²) >= 11 is 0. The molecule has 0 amide bonds. The Morgan fingerprint density at radius 2 is 1.86 bits per heavy atom. The maximum atomic E-state index is 12.4. The third-order valence-electron chi connectivity index (χ3n) is 2.83. The van der Waals surface area contributed by atoms with Crippen LogP contribution in [0.15, 0.2) is 35.4 Å². The SMILES string of the molecule is CCc1cn[nH]c1NS(=O)(=O)c1ccc(C(F)(F)F)cc1. The van der Waals surface area contributed by atoms with Gasteiger partial charge in [0, 0.05) is 5.56 Å². The normalized spacial score (nSPS) is 12.4. The summed E-state index contributed by atoms with van der Waals surface area (Å²) in [5.41, 5.74) is -0.247. The second-order valence-electron chi connectivity index (χ2n) is 4.25. The number of benzene rings is 1. The van der Waals surface area contributed by atoms with E-state index in [-0.39, 0.29) is 10.7 Å². The van der Waals surface area contributed by atoms with E-state index in [1.165, 1.54) is 6.20 Å². The lowest BCUT2D eigenvalue weighted by Gasteiger charge is -2.10. The predicted molar refractivity (Wildman–Crippen MR) is 70.2 cm³/mol. The highest BCUT2D eigenvalue weighted by molar-refractivity contribution is 7.92. The van der Waals surface area contributed by atoms with Crippen LogP contribution in [0, 0.1) is 0 Å². The molecule has 114 valence electrons. The topological polar surface area (TPSA) is 74.8 Å². The van der Waals surface area contributed by atoms with Gasteiger partial charge < -0.3 is 0 Å². The number of sulfonamides is 1. The lowest BCUT2D eigenvalue weighted by Crippen LogP contribution is -2.15. The van der Waals surface area contributed by atoms with Crippen LogP contribution >= 0.6 is 0 Å². The van der Waals surface area contributed by atoms with Gasteiger partial charge in [-0.2, -0.15) is 18.3 Å². The van der Waals surface area contributed by atoms with Crippen molar-refractivity contribution in [2.75, 3.05) is 4.72 Å². The van der Waals surface area contributed by atoms with E-state index in [4.69, 9.17) is 0 Å². The standard InChI is InChI=1S/C12H12F3N3O2S/c1-2-8-7-16-17-11(8)18-21(19,20)10-5-3-9(4-6-10)12(13,14)15/h3-7H,2H2,1H3,(H2,16,17,18). The molecule has 0 aliphatic rings. The molecule has 2 N–H and O–H groups in total. The maximum absolute atomic E-state index is 12.4. The number of rotatable bonds is 4. The average molecular weight is 319 g/mol. The minimum atomic E-state index is -4.51. The quantitative estimate of drug-likeness (QED) is 0.910. The Morgan fingerprint density at radius 3 is 2.38 bits per heavy atom. The molecule has 1 aromatic carbocycles. The monoisotopic (exact) mass is 319 g/mol. The van der Waals surface area contributed by atoms with Gasteiger partial charge in [-0.3, -0.25) is 9.82 Å². The van der Waals surface area contributed by atoms with Crippen LogP contribution < -0.4 is 4.72 Å². The number of alkyl halides is 3. The van der Waals surface area contributed by atoms with Gasteiger partial charge in [-0.15, -0.1) is 0 Å². The third kappa shape index (κ3) is 3.35. The van der Waals surface area contributed by atoms with Crippen molar-refractivity contribution < 1.29 is 21.6 Å². The van der Waals surface area contributed by atoms with Crippen LogP contribution in [0.3, 0.4) is 0 Å². The molecule has 0 radical (unpaired) electrons. The Hall–Kier alpha value is -2.03. The molecule has 9 heteroatoms. The Kier molecular flexibility index (Phi) is 3.95. The lowest BCUT2D eigenvalue weighted by molar-refractivity contribution is -0.137. The molecule has 2 rings (SSSR count). The van der Waals surface area contributed by atoms with Crippen molar-refractivity contribution in [1.29, 1.82) is 0 Å². The minimum absolute atomic E-state index is 0.206. The van der Waals surface area contributed by atoms with Gasteiger partial charge in [0.25, 0.3) is 10.0 Å². The number of hydrogen-bond donors (Lipinski definition) is 2. The van der Waals surface area contributed by atoms with Gasteiger partial charge in [-0.1, -0.05) is 6.92 Å². The Balaban J connectivity index is 2.28. The highest BCUT2D eigenvalue weighted by atomic mass is 32.2. The zero-order valence-corrected chi connectivity index (χ0v) is 11.7. The Morgan fingerprint density at radius 1 is 1.24 bits per heavy atom. The van der Waals surface area contributed by atoms with Gasteiger partial charge >= 0.3 is 6.18 Å². The number of nitrogens with zero attached hydrogens (tertiary/aromatic N) is 1. The smallest absolute Gasteiger partial charge is 0.264 e. The molecule has 21 heavy (non-hydrogen) atoms. The number of anilines is 1. The van der Waals surface area contributed by atoms with Crippen LogP contribution in [0.5, 0.6) is 0 Å². The van der Waals surface area contributed by atoms with E-state index in [0.29, 0.717) is 12.0 Å². The van der Waals surface area contributed by atoms with Crippen molar-refractivity contribution in [3.05, 3.63) is 41.6 Å². The number of halogens is 3. The number of aryl methyl sites for hydroxylation is 1. The van der Waals surface area contributed by atoms with Crippen LogP contribution in [0.2, 0.25) is 0 Å². The summed E-state index contributed by atoms with van der Waals surface area (Å²) in [6.07, 6.45) is -2.47. The number of aromatic amines is 1. The van der Waals surface area contributed by atoms with Crippen molar-refractivity contribution in [2.45, 2.75) is 24.4 Å². The molecule has 0 fully saturated rings. The summed E-state index contributed by atoms with van der Waals surface area (Å²) in [5.74, 6) is 0.206. The van der Waals surface area contributed by atoms with E-state index in [0.717, 1.165) is 24.3 Å². The van der Waals surface area contributed by atoms with Gasteiger partial charge in [0.2, 0.25) is 0 Å². The lowest BCUT2D eigenvalue weighted by atomic mass is 10.2. The zero-order chi connectivity index (χ0) is 15.7. The van der Waals surface area contributed by atoms with Gasteiger partial charge in [0.15, 0.2) is 0 Å². The summed E-state index contributed by atoms with van der Waals surface area (Å²) in [6, 6.07) is 3.27. The average Bonchev–Trinajstić information content (AvgIpc) is 2.84. The molecule has 0 atom stereocenters. The fraction of sp³-hybridized carbons (Fsp3) is 0.250. The Labute approximate surface area is 119 Å². The largest absolute Gasteiger partial charge is 0.416 e. The minimum Gasteiger partial charge on any atom is -0.264 e. The van der Waals surface area contributed by atoms with Crippen LogP contribution in [0.25, 0.3) is 0 Å². The molecule has 0 unspecified atom stereocenters. The first-order valence-corrected chi connectivity index (χ1v) is 7.44. The zero-order valence-electron chi connectivity index (χ0n) is 10.9. The number of H-pyrrole nitrogens is 1. The van der Waals surface area contributed by atoms with Crippen LogP contribution in [0.1, 0.15) is 18.1 Å². The van der Waals surface area contributed by atoms with Gasteiger partial charge in [-0.05, 0) is 30.7 Å². The van der Waals surface area contributed by atoms with Crippen molar-refractivity contribution in [3.8, 4) is 0 Å². The Bertz CT molecular complexity index is 721. The van der Waals surface area contributed by atoms with Crippen molar-refractivity contribution in [1.82, 2.24) is 10.2 Å². The first-order chi connectivity index (χ1) is 9.74. The van der Waals surface area contributed by atoms with E-state index in [1.54, 1.807) is 0 Å². The molecule has 1 heterocycles. The van der Waals surface area contributed by atoms with Gasteiger partial charge in [0.05, 0.1) is 16.7 Å². The summed E-state index contributed by atoms with van der Waals surface area (Å²) in [4.78, 5) is -0.257. The second-order valence-corrected chi connectivity index (χ2v) is 5.93. The third-order valence-corrected chi connectivity index (χ3v) is 4.19. The number of nitrogens with one attached hydrogen (secondary N) is 2. The molecule has 0 saturated heterocycles. The number of hydrogen-bond acceptors (Lipinski definition) is 3. The van der Waals surface area contributed by atoms with Gasteiger partial charge in [0.1, 0.15) is 5.82 Å². The molecule has 5 nitrogen and oxygen atoms in total. The van der Waals surface area contributed by atoms with E-state index in [1.807, 2.05) is 6.92 Å². The summed E-state index contributed by atoms with van der Waals surface area (Å²) in [7, 11) is -3.97. The molecule has 2 aromatic rings. The molecule has 0 aliphatic carbocycles. The van der Waals surface area contributed by atoms with E-state index < -0.39 is 21.8 Å². The molecule has 0 saturated carbocycles. The first kappa shape index (κ1) is 15.4. The summed E-state index contributed by atoms with van der Waals surface area (Å²) < 4.78 is 63.8. The van der Waals surface area contributed by atoms with Crippen molar-refractivity contribution >= 4 is 15.8 Å². The van der Waals surface area contributed by atoms with Crippen LogP contribution in [-0.2, 0) is 22.6 Å². The molecular weight excluding hydrogens is 307 g/mol. The predicted octanol–water partition coefficient (Wildman–Crippen LogP) is 2.79. The van der Waals surface area contributed by atoms with E-state index >= 15 is 0 Å². The molecule has 0 bridgehead atoms. The second kappa shape index (κ2) is 5.40. The fourth-order valence-corrected chi connectivity index (χ4v) is 2.74. The molecule has 0 spiro atoms. The number of aromatic nitrogens is 2. The van der Waals surface area contributed by atoms with E-state index in [9.17, 15) is 21.6 Å². The van der Waals surface area contributed by atoms with E-state index in [2.05, 4.69) is 14.9 Å². The summed E-state index contributed by atoms with van der Waals surface area (Å²) in [5, 5.41) is 6.21. The maximum Gasteiger partial charge on any atom is 0.416 e. The van der Waals surface area contributed by atoms with Crippen LogP contribution in [-0.4, -0.2) is 18.6 Å². The van der Waals surface area contributed by atoms with Crippen LogP contribution in [0.4, 0.5) is 19.0 Å². The molecule has 1 aromatic heterocycles. The first-order valence-electron chi connectivity index (χ1n) is 5.96. The molecular formula is C12H12F3N3O2S. The highest BCUT2D eigenvalue weighted by Gasteiger charge is 2.30. The highest BCUT2D eigenvalue weighted by Crippen LogP contribution is 2.30.